The number of benzene rings is 1. The lowest BCUT2D eigenvalue weighted by Crippen LogP contribution is -2.42. The Hall–Kier alpha value is -1.80. The van der Waals surface area contributed by atoms with Crippen LogP contribution >= 0.6 is 11.6 Å². The highest BCUT2D eigenvalue weighted by atomic mass is 35.5. The van der Waals surface area contributed by atoms with Crippen molar-refractivity contribution in [2.75, 3.05) is 13.1 Å². The zero-order valence-corrected chi connectivity index (χ0v) is 14.9. The molecule has 1 unspecified atom stereocenters. The SMILES string of the molecule is CC(C)(C)OC(=O)N1CCC(C(C#N)c2ccc(Cl)cc2F)CC1. The van der Waals surface area contributed by atoms with Gasteiger partial charge >= 0.3 is 6.09 Å². The molecule has 0 spiro atoms. The van der Waals surface area contributed by atoms with E-state index in [4.69, 9.17) is 16.3 Å². The topological polar surface area (TPSA) is 53.3 Å². The number of hydrogen-bond donors (Lipinski definition) is 0. The predicted molar refractivity (Wildman–Crippen MR) is 90.3 cm³/mol. The predicted octanol–water partition coefficient (Wildman–Crippen LogP) is 4.73. The maximum atomic E-state index is 14.1. The maximum Gasteiger partial charge on any atom is 0.410 e. The van der Waals surface area contributed by atoms with E-state index in [1.54, 1.807) is 17.0 Å². The molecule has 0 aliphatic carbocycles. The van der Waals surface area contributed by atoms with Crippen LogP contribution < -0.4 is 0 Å². The largest absolute Gasteiger partial charge is 0.444 e. The standard InChI is InChI=1S/C18H22ClFN2O2/c1-18(2,3)24-17(23)22-8-6-12(7-9-22)15(11-21)14-5-4-13(19)10-16(14)20/h4-5,10,12,15H,6-9H2,1-3H3. The summed E-state index contributed by atoms with van der Waals surface area (Å²) in [5.74, 6) is -0.990. The number of nitrogens with zero attached hydrogens (tertiary/aromatic N) is 2. The molecule has 0 N–H and O–H groups in total. The van der Waals surface area contributed by atoms with E-state index in [0.717, 1.165) is 0 Å². The Morgan fingerprint density at radius 1 is 1.42 bits per heavy atom. The van der Waals surface area contributed by atoms with E-state index in [1.165, 1.54) is 6.07 Å². The summed E-state index contributed by atoms with van der Waals surface area (Å²) in [6, 6.07) is 6.62. The fraction of sp³-hybridized carbons (Fsp3) is 0.556. The number of likely N-dealkylation sites (tertiary alicyclic amines) is 1. The molecule has 0 radical (unpaired) electrons. The number of hydrogen-bond acceptors (Lipinski definition) is 3. The summed E-state index contributed by atoms with van der Waals surface area (Å²) in [5.41, 5.74) is -0.159. The first-order chi connectivity index (χ1) is 11.2. The molecule has 1 atom stereocenters. The third kappa shape index (κ3) is 4.61. The van der Waals surface area contributed by atoms with Crippen molar-refractivity contribution in [3.05, 3.63) is 34.6 Å². The van der Waals surface area contributed by atoms with Gasteiger partial charge in [0, 0.05) is 23.7 Å². The Kier molecular flexibility index (Phi) is 5.71. The summed E-state index contributed by atoms with van der Waals surface area (Å²) in [5, 5.41) is 9.81. The number of amides is 1. The van der Waals surface area contributed by atoms with E-state index in [2.05, 4.69) is 6.07 Å². The third-order valence-electron chi connectivity index (χ3n) is 4.10. The first kappa shape index (κ1) is 18.5. The van der Waals surface area contributed by atoms with E-state index in [0.29, 0.717) is 36.5 Å². The van der Waals surface area contributed by atoms with Crippen molar-refractivity contribution >= 4 is 17.7 Å². The lowest BCUT2D eigenvalue weighted by Gasteiger charge is -2.35. The van der Waals surface area contributed by atoms with Gasteiger partial charge in [-0.05, 0) is 51.7 Å². The summed E-state index contributed by atoms with van der Waals surface area (Å²) in [7, 11) is 0. The molecule has 0 saturated carbocycles. The molecule has 1 aromatic rings. The molecule has 2 rings (SSSR count). The van der Waals surface area contributed by atoms with Gasteiger partial charge in [0.25, 0.3) is 0 Å². The molecule has 1 aliphatic rings. The molecule has 1 aliphatic heterocycles. The van der Waals surface area contributed by atoms with Crippen LogP contribution in [-0.2, 0) is 4.74 Å². The van der Waals surface area contributed by atoms with Crippen molar-refractivity contribution in [1.82, 2.24) is 4.90 Å². The quantitative estimate of drug-likeness (QED) is 0.772. The molecule has 6 heteroatoms. The Labute approximate surface area is 147 Å². The van der Waals surface area contributed by atoms with Crippen LogP contribution in [0.25, 0.3) is 0 Å². The molecule has 1 aromatic carbocycles. The van der Waals surface area contributed by atoms with Gasteiger partial charge in [-0.1, -0.05) is 17.7 Å². The van der Waals surface area contributed by atoms with Gasteiger partial charge in [0.15, 0.2) is 0 Å². The van der Waals surface area contributed by atoms with Crippen LogP contribution in [0.15, 0.2) is 18.2 Å². The lowest BCUT2D eigenvalue weighted by molar-refractivity contribution is 0.0179. The summed E-state index contributed by atoms with van der Waals surface area (Å²) in [4.78, 5) is 13.7. The van der Waals surface area contributed by atoms with Gasteiger partial charge in [-0.15, -0.1) is 0 Å². The number of rotatable bonds is 2. The number of ether oxygens (including phenoxy) is 1. The molecule has 1 heterocycles. The molecule has 130 valence electrons. The van der Waals surface area contributed by atoms with E-state index in [1.807, 2.05) is 20.8 Å². The Morgan fingerprint density at radius 3 is 2.54 bits per heavy atom. The van der Waals surface area contributed by atoms with Crippen molar-refractivity contribution in [3.63, 3.8) is 0 Å². The molecular formula is C18H22ClFN2O2. The highest BCUT2D eigenvalue weighted by Crippen LogP contribution is 2.34. The van der Waals surface area contributed by atoms with Gasteiger partial charge in [-0.2, -0.15) is 5.26 Å². The monoisotopic (exact) mass is 352 g/mol. The van der Waals surface area contributed by atoms with E-state index < -0.39 is 17.3 Å². The Morgan fingerprint density at radius 2 is 2.04 bits per heavy atom. The molecule has 0 aromatic heterocycles. The molecule has 24 heavy (non-hydrogen) atoms. The van der Waals surface area contributed by atoms with Gasteiger partial charge in [0.1, 0.15) is 11.4 Å². The van der Waals surface area contributed by atoms with Crippen molar-refractivity contribution in [2.24, 2.45) is 5.92 Å². The van der Waals surface area contributed by atoms with Crippen LogP contribution in [0.5, 0.6) is 0 Å². The molecular weight excluding hydrogens is 331 g/mol. The van der Waals surface area contributed by atoms with Crippen LogP contribution in [0.2, 0.25) is 5.02 Å². The van der Waals surface area contributed by atoms with E-state index in [9.17, 15) is 14.4 Å². The fourth-order valence-corrected chi connectivity index (χ4v) is 3.08. The molecule has 1 fully saturated rings. The molecule has 4 nitrogen and oxygen atoms in total. The molecule has 1 amide bonds. The number of carbonyl (C=O) groups excluding carboxylic acids is 1. The van der Waals surface area contributed by atoms with Gasteiger partial charge in [-0.3, -0.25) is 0 Å². The summed E-state index contributed by atoms with van der Waals surface area (Å²) >= 11 is 5.78. The first-order valence-corrected chi connectivity index (χ1v) is 8.41. The first-order valence-electron chi connectivity index (χ1n) is 8.04. The van der Waals surface area contributed by atoms with Crippen LogP contribution in [0.4, 0.5) is 9.18 Å². The highest BCUT2D eigenvalue weighted by molar-refractivity contribution is 6.30. The summed E-state index contributed by atoms with van der Waals surface area (Å²) < 4.78 is 19.5. The summed E-state index contributed by atoms with van der Waals surface area (Å²) in [6.45, 7) is 6.49. The maximum absolute atomic E-state index is 14.1. The minimum atomic E-state index is -0.539. The molecule has 0 bridgehead atoms. The van der Waals surface area contributed by atoms with Crippen molar-refractivity contribution in [2.45, 2.75) is 45.1 Å². The second kappa shape index (κ2) is 7.40. The highest BCUT2D eigenvalue weighted by Gasteiger charge is 2.32. The summed E-state index contributed by atoms with van der Waals surface area (Å²) in [6.07, 6.45) is 0.936. The average molecular weight is 353 g/mol. The second-order valence-corrected chi connectivity index (χ2v) is 7.51. The van der Waals surface area contributed by atoms with E-state index >= 15 is 0 Å². The Bertz CT molecular complexity index is 643. The fourth-order valence-electron chi connectivity index (χ4n) is 2.92. The lowest BCUT2D eigenvalue weighted by atomic mass is 9.81. The van der Waals surface area contributed by atoms with Crippen LogP contribution in [0, 0.1) is 23.1 Å². The minimum Gasteiger partial charge on any atom is -0.444 e. The van der Waals surface area contributed by atoms with Gasteiger partial charge < -0.3 is 9.64 Å². The number of carbonyl (C=O) groups is 1. The number of halogens is 2. The Balaban J connectivity index is 2.02. The minimum absolute atomic E-state index is 0.00404. The zero-order valence-electron chi connectivity index (χ0n) is 14.2. The van der Waals surface area contributed by atoms with Crippen LogP contribution in [-0.4, -0.2) is 29.7 Å². The van der Waals surface area contributed by atoms with Crippen LogP contribution in [0.1, 0.15) is 45.1 Å². The normalized spacial score (nSPS) is 17.2. The smallest absolute Gasteiger partial charge is 0.410 e. The van der Waals surface area contributed by atoms with Gasteiger partial charge in [0.05, 0.1) is 12.0 Å². The van der Waals surface area contributed by atoms with Crippen molar-refractivity contribution in [1.29, 1.82) is 5.26 Å². The van der Waals surface area contributed by atoms with E-state index in [-0.39, 0.29) is 12.0 Å². The third-order valence-corrected chi connectivity index (χ3v) is 4.33. The number of piperidine rings is 1. The average Bonchev–Trinajstić information content (AvgIpc) is 2.49. The van der Waals surface area contributed by atoms with Gasteiger partial charge in [-0.25, -0.2) is 9.18 Å². The molecule has 1 saturated heterocycles. The second-order valence-electron chi connectivity index (χ2n) is 7.08. The zero-order chi connectivity index (χ0) is 17.9. The number of nitriles is 1. The van der Waals surface area contributed by atoms with Crippen molar-refractivity contribution < 1.29 is 13.9 Å². The van der Waals surface area contributed by atoms with Crippen molar-refractivity contribution in [3.8, 4) is 6.07 Å². The van der Waals surface area contributed by atoms with Gasteiger partial charge in [0.2, 0.25) is 0 Å². The van der Waals surface area contributed by atoms with Crippen LogP contribution in [0.3, 0.4) is 0 Å².